The molecular formula is C17H18N2O3S. The summed E-state index contributed by atoms with van der Waals surface area (Å²) >= 11 is 1.43. The van der Waals surface area contributed by atoms with Crippen LogP contribution in [0.5, 0.6) is 0 Å². The molecule has 1 fully saturated rings. The highest BCUT2D eigenvalue weighted by Gasteiger charge is 2.46. The fourth-order valence-electron chi connectivity index (χ4n) is 2.82. The molecule has 2 aliphatic rings. The molecule has 2 heterocycles. The molecule has 23 heavy (non-hydrogen) atoms. The van der Waals surface area contributed by atoms with Gasteiger partial charge in [-0.25, -0.2) is 9.79 Å². The molecule has 0 aromatic heterocycles. The second kappa shape index (κ2) is 6.20. The van der Waals surface area contributed by atoms with Gasteiger partial charge in [0.05, 0.1) is 29.2 Å². The van der Waals surface area contributed by atoms with Crippen LogP contribution in [0.25, 0.3) is 0 Å². The van der Waals surface area contributed by atoms with Gasteiger partial charge in [0.1, 0.15) is 0 Å². The Morgan fingerprint density at radius 3 is 2.70 bits per heavy atom. The average Bonchev–Trinajstić information content (AvgIpc) is 2.81. The largest absolute Gasteiger partial charge is 0.463 e. The molecule has 5 nitrogen and oxygen atoms in total. The monoisotopic (exact) mass is 330 g/mol. The van der Waals surface area contributed by atoms with Crippen molar-refractivity contribution in [2.45, 2.75) is 32.1 Å². The molecule has 120 valence electrons. The molecule has 2 aliphatic heterocycles. The van der Waals surface area contributed by atoms with Gasteiger partial charge < -0.3 is 4.74 Å². The van der Waals surface area contributed by atoms with Gasteiger partial charge in [0.2, 0.25) is 5.91 Å². The lowest BCUT2D eigenvalue weighted by Gasteiger charge is -2.32. The number of benzene rings is 1. The summed E-state index contributed by atoms with van der Waals surface area (Å²) in [5.74, 6) is -0.448. The predicted molar refractivity (Wildman–Crippen MR) is 89.9 cm³/mol. The lowest BCUT2D eigenvalue weighted by atomic mass is 9.94. The van der Waals surface area contributed by atoms with Gasteiger partial charge in [0.25, 0.3) is 0 Å². The molecule has 0 bridgehead atoms. The van der Waals surface area contributed by atoms with E-state index >= 15 is 0 Å². The van der Waals surface area contributed by atoms with Crippen LogP contribution in [0.4, 0.5) is 0 Å². The first-order valence-electron chi connectivity index (χ1n) is 7.55. The Kier molecular flexibility index (Phi) is 4.26. The highest BCUT2D eigenvalue weighted by molar-refractivity contribution is 8.15. The molecule has 6 heteroatoms. The standard InChI is InChI=1S/C17H18N2O3S/c1-4-22-16(21)13-10(2)18-17-19(15(20)11(3)23-17)14(13)12-8-6-5-7-9-12/h5-9,11,14H,4H2,1-3H3/t11-,14-/m1/s1. The first kappa shape index (κ1) is 15.8. The number of aliphatic imine (C=N–C) groups is 1. The van der Waals surface area contributed by atoms with E-state index in [0.29, 0.717) is 16.4 Å². The SMILES string of the molecule is CCOC(=O)C1=C(C)N=C2S[C@H](C)C(=O)N2[C@@H]1c1ccccc1. The Balaban J connectivity index is 2.14. The maximum Gasteiger partial charge on any atom is 0.338 e. The summed E-state index contributed by atoms with van der Waals surface area (Å²) in [5.41, 5.74) is 1.92. The third-order valence-corrected chi connectivity index (χ3v) is 4.92. The van der Waals surface area contributed by atoms with E-state index in [0.717, 1.165) is 5.56 Å². The number of rotatable bonds is 3. The summed E-state index contributed by atoms with van der Waals surface area (Å²) in [7, 11) is 0. The maximum atomic E-state index is 12.6. The molecule has 0 radical (unpaired) electrons. The zero-order valence-electron chi connectivity index (χ0n) is 13.3. The van der Waals surface area contributed by atoms with Crippen LogP contribution in [0.3, 0.4) is 0 Å². The fourth-order valence-corrected chi connectivity index (χ4v) is 3.85. The van der Waals surface area contributed by atoms with Gasteiger partial charge in [-0.15, -0.1) is 0 Å². The average molecular weight is 330 g/mol. The van der Waals surface area contributed by atoms with Crippen LogP contribution in [0.15, 0.2) is 46.6 Å². The van der Waals surface area contributed by atoms with Crippen molar-refractivity contribution < 1.29 is 14.3 Å². The molecule has 1 aromatic carbocycles. The van der Waals surface area contributed by atoms with Gasteiger partial charge in [-0.2, -0.15) is 0 Å². The maximum absolute atomic E-state index is 12.6. The van der Waals surface area contributed by atoms with Gasteiger partial charge in [0.15, 0.2) is 5.17 Å². The number of amidine groups is 1. The van der Waals surface area contributed by atoms with E-state index in [-0.39, 0.29) is 17.8 Å². The number of carbonyl (C=O) groups excluding carboxylic acids is 2. The number of esters is 1. The predicted octanol–water partition coefficient (Wildman–Crippen LogP) is 2.90. The number of allylic oxidation sites excluding steroid dienone is 1. The van der Waals surface area contributed by atoms with Crippen molar-refractivity contribution in [3.8, 4) is 0 Å². The zero-order valence-corrected chi connectivity index (χ0v) is 14.1. The van der Waals surface area contributed by atoms with Crippen LogP contribution in [0.1, 0.15) is 32.4 Å². The van der Waals surface area contributed by atoms with Crippen LogP contribution < -0.4 is 0 Å². The Morgan fingerprint density at radius 1 is 1.35 bits per heavy atom. The first-order chi connectivity index (χ1) is 11.0. The lowest BCUT2D eigenvalue weighted by molar-refractivity contribution is -0.139. The van der Waals surface area contributed by atoms with Crippen molar-refractivity contribution in [1.82, 2.24) is 4.90 Å². The summed E-state index contributed by atoms with van der Waals surface area (Å²) in [6.45, 7) is 5.70. The Bertz CT molecular complexity index is 712. The van der Waals surface area contributed by atoms with E-state index in [2.05, 4.69) is 4.99 Å². The van der Waals surface area contributed by atoms with Crippen molar-refractivity contribution >= 4 is 28.8 Å². The zero-order chi connectivity index (χ0) is 16.6. The number of amides is 1. The van der Waals surface area contributed by atoms with Crippen molar-refractivity contribution in [2.24, 2.45) is 4.99 Å². The minimum absolute atomic E-state index is 0.0306. The van der Waals surface area contributed by atoms with Crippen LogP contribution in [-0.2, 0) is 14.3 Å². The molecule has 0 aliphatic carbocycles. The van der Waals surface area contributed by atoms with E-state index in [9.17, 15) is 9.59 Å². The molecule has 3 rings (SSSR count). The number of hydrogen-bond donors (Lipinski definition) is 0. The van der Waals surface area contributed by atoms with Crippen LogP contribution in [0.2, 0.25) is 0 Å². The summed E-state index contributed by atoms with van der Waals surface area (Å²) < 4.78 is 5.20. The summed E-state index contributed by atoms with van der Waals surface area (Å²) in [6.07, 6.45) is 0. The third kappa shape index (κ3) is 2.67. The summed E-state index contributed by atoms with van der Waals surface area (Å²) in [5, 5.41) is 0.455. The Morgan fingerprint density at radius 2 is 2.04 bits per heavy atom. The second-order valence-corrected chi connectivity index (χ2v) is 6.70. The highest BCUT2D eigenvalue weighted by Crippen LogP contribution is 2.43. The van der Waals surface area contributed by atoms with Crippen molar-refractivity contribution in [2.75, 3.05) is 6.61 Å². The molecule has 0 unspecified atom stereocenters. The normalized spacial score (nSPS) is 23.7. The van der Waals surface area contributed by atoms with Gasteiger partial charge in [-0.3, -0.25) is 9.69 Å². The minimum atomic E-state index is -0.479. The number of hydrogen-bond acceptors (Lipinski definition) is 5. The topological polar surface area (TPSA) is 59.0 Å². The van der Waals surface area contributed by atoms with Gasteiger partial charge in [0, 0.05) is 0 Å². The minimum Gasteiger partial charge on any atom is -0.463 e. The van der Waals surface area contributed by atoms with Crippen LogP contribution in [-0.4, -0.2) is 33.8 Å². The Labute approximate surface area is 139 Å². The number of thioether (sulfide) groups is 1. The third-order valence-electron chi connectivity index (χ3n) is 3.87. The smallest absolute Gasteiger partial charge is 0.338 e. The van der Waals surface area contributed by atoms with Crippen molar-refractivity contribution in [3.05, 3.63) is 47.2 Å². The van der Waals surface area contributed by atoms with Crippen LogP contribution >= 0.6 is 11.8 Å². The highest BCUT2D eigenvalue weighted by atomic mass is 32.2. The molecule has 2 atom stereocenters. The van der Waals surface area contributed by atoms with E-state index in [1.165, 1.54) is 11.8 Å². The second-order valence-electron chi connectivity index (χ2n) is 5.40. The van der Waals surface area contributed by atoms with E-state index in [4.69, 9.17) is 4.74 Å². The van der Waals surface area contributed by atoms with Gasteiger partial charge >= 0.3 is 5.97 Å². The molecule has 0 N–H and O–H groups in total. The van der Waals surface area contributed by atoms with E-state index < -0.39 is 12.0 Å². The van der Waals surface area contributed by atoms with Gasteiger partial charge in [-0.05, 0) is 26.3 Å². The molecule has 1 saturated heterocycles. The number of fused-ring (bicyclic) bond motifs is 1. The molecule has 1 amide bonds. The summed E-state index contributed by atoms with van der Waals surface area (Å²) in [4.78, 5) is 31.2. The van der Waals surface area contributed by atoms with E-state index in [1.807, 2.05) is 37.3 Å². The van der Waals surface area contributed by atoms with E-state index in [1.54, 1.807) is 18.7 Å². The van der Waals surface area contributed by atoms with Crippen molar-refractivity contribution in [3.63, 3.8) is 0 Å². The molecular weight excluding hydrogens is 312 g/mol. The summed E-state index contributed by atoms with van der Waals surface area (Å²) in [6, 6.07) is 9.06. The number of carbonyl (C=O) groups is 2. The van der Waals surface area contributed by atoms with Gasteiger partial charge in [-0.1, -0.05) is 42.1 Å². The number of nitrogens with zero attached hydrogens (tertiary/aromatic N) is 2. The lowest BCUT2D eigenvalue weighted by Crippen LogP contribution is -2.40. The molecule has 1 aromatic rings. The van der Waals surface area contributed by atoms with Crippen molar-refractivity contribution in [1.29, 1.82) is 0 Å². The quantitative estimate of drug-likeness (QED) is 0.800. The fraction of sp³-hybridized carbons (Fsp3) is 0.353. The van der Waals surface area contributed by atoms with Crippen LogP contribution in [0, 0.1) is 0 Å². The first-order valence-corrected chi connectivity index (χ1v) is 8.43. The Hall–Kier alpha value is -2.08. The molecule has 0 saturated carbocycles. The number of ether oxygens (including phenoxy) is 1. The molecule has 0 spiro atoms.